The lowest BCUT2D eigenvalue weighted by Gasteiger charge is -2.35. The van der Waals surface area contributed by atoms with Crippen molar-refractivity contribution in [3.05, 3.63) is 23.3 Å². The molecule has 0 N–H and O–H groups in total. The summed E-state index contributed by atoms with van der Waals surface area (Å²) < 4.78 is 19.1. The van der Waals surface area contributed by atoms with Gasteiger partial charge in [-0.2, -0.15) is 0 Å². The summed E-state index contributed by atoms with van der Waals surface area (Å²) in [5.41, 5.74) is 2.68. The summed E-state index contributed by atoms with van der Waals surface area (Å²) in [6, 6.07) is 0. The van der Waals surface area contributed by atoms with Gasteiger partial charge in [0.2, 0.25) is 0 Å². The van der Waals surface area contributed by atoms with Crippen LogP contribution >= 0.6 is 0 Å². The van der Waals surface area contributed by atoms with Crippen LogP contribution in [-0.4, -0.2) is 25.2 Å². The van der Waals surface area contributed by atoms with Crippen LogP contribution < -0.4 is 0 Å². The van der Waals surface area contributed by atoms with Crippen LogP contribution in [0, 0.1) is 17.8 Å². The Hall–Kier alpha value is -0.960. The van der Waals surface area contributed by atoms with Crippen LogP contribution in [0.5, 0.6) is 0 Å². The fraction of sp³-hybridized carbons (Fsp3) is 0.722. The predicted molar refractivity (Wildman–Crippen MR) is 80.7 cm³/mol. The maximum absolute atomic E-state index is 13.4. The highest BCUT2D eigenvalue weighted by molar-refractivity contribution is 5.57. The summed E-state index contributed by atoms with van der Waals surface area (Å²) in [6.07, 6.45) is 10.0. The molecule has 1 saturated carbocycles. The summed E-state index contributed by atoms with van der Waals surface area (Å²) in [5.74, 6) is 1.20. The van der Waals surface area contributed by atoms with E-state index >= 15 is 0 Å². The number of hydrogen-bond donors (Lipinski definition) is 0. The second-order valence-corrected chi connectivity index (χ2v) is 6.62. The first-order chi connectivity index (χ1) is 10.2. The number of alkyl halides is 1. The van der Waals surface area contributed by atoms with Crippen LogP contribution in [0.4, 0.5) is 4.39 Å². The van der Waals surface area contributed by atoms with Crippen molar-refractivity contribution in [2.45, 2.75) is 57.7 Å². The van der Waals surface area contributed by atoms with Gasteiger partial charge in [0, 0.05) is 12.5 Å². The normalized spacial score (nSPS) is 36.9. The van der Waals surface area contributed by atoms with Gasteiger partial charge in [0.1, 0.15) is 12.5 Å². The van der Waals surface area contributed by atoms with E-state index in [-0.39, 0.29) is 12.0 Å². The molecule has 21 heavy (non-hydrogen) atoms. The molecule has 0 bridgehead atoms. The highest BCUT2D eigenvalue weighted by atomic mass is 19.1. The Labute approximate surface area is 126 Å². The molecule has 0 aliphatic heterocycles. The molecule has 0 amide bonds. The van der Waals surface area contributed by atoms with Gasteiger partial charge in [0.25, 0.3) is 0 Å². The van der Waals surface area contributed by atoms with Crippen molar-refractivity contribution < 1.29 is 13.9 Å². The van der Waals surface area contributed by atoms with E-state index in [2.05, 4.69) is 12.2 Å². The maximum atomic E-state index is 13.4. The van der Waals surface area contributed by atoms with E-state index in [9.17, 15) is 9.18 Å². The molecule has 3 aliphatic rings. The fourth-order valence-corrected chi connectivity index (χ4v) is 3.83. The summed E-state index contributed by atoms with van der Waals surface area (Å²) in [4.78, 5) is 11.4. The zero-order valence-electron chi connectivity index (χ0n) is 12.8. The zero-order valence-corrected chi connectivity index (χ0v) is 12.8. The second-order valence-electron chi connectivity index (χ2n) is 6.62. The van der Waals surface area contributed by atoms with Crippen LogP contribution in [0.25, 0.3) is 0 Å². The molecule has 0 saturated heterocycles. The number of halogens is 1. The Morgan fingerprint density at radius 1 is 1.38 bits per heavy atom. The van der Waals surface area contributed by atoms with Crippen molar-refractivity contribution in [2.75, 3.05) is 6.61 Å². The Balaban J connectivity index is 1.87. The van der Waals surface area contributed by atoms with Crippen LogP contribution in [0.2, 0.25) is 0 Å². The topological polar surface area (TPSA) is 26.3 Å². The Bertz CT molecular complexity index is 450. The van der Waals surface area contributed by atoms with E-state index in [0.29, 0.717) is 25.4 Å². The number of hydrogen-bond acceptors (Lipinski definition) is 2. The SMILES string of the molecule is CCOC1C=C(C2=CC[C@H](F)CC2)[C@@H](C2CC2)C[C@H]1C=O. The van der Waals surface area contributed by atoms with Crippen molar-refractivity contribution in [2.24, 2.45) is 17.8 Å². The minimum atomic E-state index is -0.678. The molecule has 0 spiro atoms. The average Bonchev–Trinajstić information content (AvgIpc) is 3.33. The third-order valence-electron chi connectivity index (χ3n) is 5.13. The monoisotopic (exact) mass is 292 g/mol. The summed E-state index contributed by atoms with van der Waals surface area (Å²) >= 11 is 0. The van der Waals surface area contributed by atoms with E-state index < -0.39 is 6.17 Å². The molecule has 116 valence electrons. The van der Waals surface area contributed by atoms with Gasteiger partial charge in [0.05, 0.1) is 6.10 Å². The molecular weight excluding hydrogens is 267 g/mol. The lowest BCUT2D eigenvalue weighted by molar-refractivity contribution is -0.115. The van der Waals surface area contributed by atoms with E-state index in [1.54, 1.807) is 0 Å². The molecule has 4 atom stereocenters. The third-order valence-corrected chi connectivity index (χ3v) is 5.13. The molecule has 3 heteroatoms. The first-order valence-corrected chi connectivity index (χ1v) is 8.35. The summed E-state index contributed by atoms with van der Waals surface area (Å²) in [7, 11) is 0. The Morgan fingerprint density at radius 2 is 2.19 bits per heavy atom. The van der Waals surface area contributed by atoms with Crippen LogP contribution in [-0.2, 0) is 9.53 Å². The minimum Gasteiger partial charge on any atom is -0.374 e. The zero-order chi connectivity index (χ0) is 14.8. The first kappa shape index (κ1) is 15.0. The number of carbonyl (C=O) groups excluding carboxylic acids is 1. The molecule has 3 rings (SSSR count). The average molecular weight is 292 g/mol. The molecule has 3 aliphatic carbocycles. The van der Waals surface area contributed by atoms with Gasteiger partial charge < -0.3 is 9.53 Å². The third kappa shape index (κ3) is 3.28. The highest BCUT2D eigenvalue weighted by Gasteiger charge is 2.41. The summed E-state index contributed by atoms with van der Waals surface area (Å²) in [6.45, 7) is 2.59. The van der Waals surface area contributed by atoms with Gasteiger partial charge >= 0.3 is 0 Å². The fourth-order valence-electron chi connectivity index (χ4n) is 3.83. The number of ether oxygens (including phenoxy) is 1. The quantitative estimate of drug-likeness (QED) is 0.716. The molecule has 1 fully saturated rings. The number of aldehydes is 1. The van der Waals surface area contributed by atoms with Crippen molar-refractivity contribution in [3.8, 4) is 0 Å². The molecule has 2 nitrogen and oxygen atoms in total. The lowest BCUT2D eigenvalue weighted by Crippen LogP contribution is -2.33. The van der Waals surface area contributed by atoms with Crippen LogP contribution in [0.3, 0.4) is 0 Å². The molecule has 1 unspecified atom stereocenters. The van der Waals surface area contributed by atoms with Crippen LogP contribution in [0.15, 0.2) is 23.3 Å². The number of carbonyl (C=O) groups is 1. The van der Waals surface area contributed by atoms with Crippen molar-refractivity contribution >= 4 is 6.29 Å². The van der Waals surface area contributed by atoms with Gasteiger partial charge in [-0.25, -0.2) is 4.39 Å². The predicted octanol–water partition coefficient (Wildman–Crippen LogP) is 4.01. The highest BCUT2D eigenvalue weighted by Crippen LogP contribution is 2.49. The minimum absolute atomic E-state index is 0.0163. The molecule has 0 heterocycles. The molecular formula is C18H25FO2. The van der Waals surface area contributed by atoms with Crippen molar-refractivity contribution in [3.63, 3.8) is 0 Å². The van der Waals surface area contributed by atoms with Gasteiger partial charge in [-0.1, -0.05) is 12.2 Å². The lowest BCUT2D eigenvalue weighted by atomic mass is 9.73. The number of allylic oxidation sites excluding steroid dienone is 3. The first-order valence-electron chi connectivity index (χ1n) is 8.35. The standard InChI is InChI=1S/C18H25FO2/c1-2-21-18-10-17(13-5-7-15(19)8-6-13)16(12-3-4-12)9-14(18)11-20/h5,10-12,14-16,18H,2-4,6-9H2,1H3/t14-,15-,16+,18?/m0/s1. The maximum Gasteiger partial charge on any atom is 0.126 e. The molecule has 0 aromatic heterocycles. The van der Waals surface area contributed by atoms with Gasteiger partial charge in [-0.3, -0.25) is 0 Å². The van der Waals surface area contributed by atoms with Gasteiger partial charge in [-0.05, 0) is 68.4 Å². The molecule has 0 aromatic rings. The smallest absolute Gasteiger partial charge is 0.126 e. The molecule has 0 radical (unpaired) electrons. The van der Waals surface area contributed by atoms with Gasteiger partial charge in [0.15, 0.2) is 0 Å². The van der Waals surface area contributed by atoms with Crippen molar-refractivity contribution in [1.29, 1.82) is 0 Å². The Kier molecular flexibility index (Phi) is 4.58. The number of rotatable bonds is 5. The molecule has 0 aromatic carbocycles. The van der Waals surface area contributed by atoms with Crippen molar-refractivity contribution in [1.82, 2.24) is 0 Å². The van der Waals surface area contributed by atoms with Gasteiger partial charge in [-0.15, -0.1) is 0 Å². The van der Waals surface area contributed by atoms with E-state index in [1.807, 2.05) is 6.92 Å². The van der Waals surface area contributed by atoms with E-state index in [4.69, 9.17) is 4.74 Å². The van der Waals surface area contributed by atoms with E-state index in [1.165, 1.54) is 24.0 Å². The largest absolute Gasteiger partial charge is 0.374 e. The van der Waals surface area contributed by atoms with E-state index in [0.717, 1.165) is 25.0 Å². The Morgan fingerprint density at radius 3 is 2.76 bits per heavy atom. The summed E-state index contributed by atoms with van der Waals surface area (Å²) in [5, 5.41) is 0. The second kappa shape index (κ2) is 6.43. The van der Waals surface area contributed by atoms with Crippen LogP contribution in [0.1, 0.15) is 45.4 Å².